The van der Waals surface area contributed by atoms with E-state index in [0.29, 0.717) is 83.7 Å². The van der Waals surface area contributed by atoms with E-state index in [4.69, 9.17) is 4.74 Å². The second-order valence-electron chi connectivity index (χ2n) is 9.25. The Hall–Kier alpha value is -2.28. The van der Waals surface area contributed by atoms with Crippen molar-refractivity contribution in [2.24, 2.45) is 5.92 Å². The van der Waals surface area contributed by atoms with Crippen LogP contribution in [0.3, 0.4) is 0 Å². The van der Waals surface area contributed by atoms with Gasteiger partial charge >= 0.3 is 0 Å². The molecule has 0 radical (unpaired) electrons. The SMILES string of the molecule is CC1CCN(S(=O)(=O)c2ccc(N3CCN(CC(=O)N4CCOCC4)CC3)c([N+](=O)[O-])c2)CC1. The predicted octanol–water partition coefficient (Wildman–Crippen LogP) is 0.996. The lowest BCUT2D eigenvalue weighted by molar-refractivity contribution is -0.384. The molecule has 188 valence electrons. The molecule has 3 heterocycles. The lowest BCUT2D eigenvalue weighted by Crippen LogP contribution is -2.51. The molecule has 3 aliphatic rings. The van der Waals surface area contributed by atoms with Gasteiger partial charge in [-0.15, -0.1) is 0 Å². The minimum absolute atomic E-state index is 0.0350. The van der Waals surface area contributed by atoms with Gasteiger partial charge in [-0.3, -0.25) is 19.8 Å². The smallest absolute Gasteiger partial charge is 0.293 e. The van der Waals surface area contributed by atoms with Crippen LogP contribution in [0.2, 0.25) is 0 Å². The number of ether oxygens (including phenoxy) is 1. The molecule has 3 saturated heterocycles. The van der Waals surface area contributed by atoms with E-state index in [-0.39, 0.29) is 16.5 Å². The van der Waals surface area contributed by atoms with Crippen LogP contribution in [-0.4, -0.2) is 105 Å². The van der Waals surface area contributed by atoms with Crippen LogP contribution >= 0.6 is 0 Å². The largest absolute Gasteiger partial charge is 0.378 e. The summed E-state index contributed by atoms with van der Waals surface area (Å²) in [6.07, 6.45) is 1.58. The van der Waals surface area contributed by atoms with E-state index in [1.807, 2.05) is 9.80 Å². The molecular weight excluding hydrogens is 462 g/mol. The zero-order chi connectivity index (χ0) is 24.3. The third-order valence-electron chi connectivity index (χ3n) is 6.96. The summed E-state index contributed by atoms with van der Waals surface area (Å²) in [6.45, 7) is 7.86. The number of sulfonamides is 1. The van der Waals surface area contributed by atoms with Crippen LogP contribution < -0.4 is 4.90 Å². The Morgan fingerprint density at radius 1 is 1.06 bits per heavy atom. The van der Waals surface area contributed by atoms with Gasteiger partial charge in [0, 0.05) is 58.4 Å². The topological polar surface area (TPSA) is 117 Å². The average Bonchev–Trinajstić information content (AvgIpc) is 2.85. The fourth-order valence-electron chi connectivity index (χ4n) is 4.70. The first kappa shape index (κ1) is 24.8. The number of rotatable bonds is 6. The van der Waals surface area contributed by atoms with Crippen LogP contribution in [0, 0.1) is 16.0 Å². The van der Waals surface area contributed by atoms with Crippen molar-refractivity contribution in [3.8, 4) is 0 Å². The molecule has 0 aromatic heterocycles. The molecule has 4 rings (SSSR count). The molecule has 3 aliphatic heterocycles. The molecule has 12 heteroatoms. The first-order valence-corrected chi connectivity index (χ1v) is 13.3. The number of nitrogens with zero attached hydrogens (tertiary/aromatic N) is 5. The number of benzene rings is 1. The van der Waals surface area contributed by atoms with Crippen molar-refractivity contribution in [1.29, 1.82) is 0 Å². The lowest BCUT2D eigenvalue weighted by Gasteiger charge is -2.37. The molecule has 0 atom stereocenters. The summed E-state index contributed by atoms with van der Waals surface area (Å²) < 4.78 is 32.9. The molecule has 3 fully saturated rings. The normalized spacial score (nSPS) is 21.6. The van der Waals surface area contributed by atoms with Gasteiger partial charge in [-0.1, -0.05) is 6.92 Å². The highest BCUT2D eigenvalue weighted by atomic mass is 32.2. The molecule has 0 aliphatic carbocycles. The summed E-state index contributed by atoms with van der Waals surface area (Å²) in [5.41, 5.74) is 0.208. The molecule has 0 N–H and O–H groups in total. The zero-order valence-corrected chi connectivity index (χ0v) is 20.4. The maximum Gasteiger partial charge on any atom is 0.293 e. The number of hydrogen-bond acceptors (Lipinski definition) is 8. The van der Waals surface area contributed by atoms with Gasteiger partial charge in [-0.05, 0) is 30.9 Å². The van der Waals surface area contributed by atoms with Gasteiger partial charge in [-0.2, -0.15) is 4.31 Å². The van der Waals surface area contributed by atoms with Crippen LogP contribution in [0.5, 0.6) is 0 Å². The highest BCUT2D eigenvalue weighted by Crippen LogP contribution is 2.33. The summed E-state index contributed by atoms with van der Waals surface area (Å²) >= 11 is 0. The summed E-state index contributed by atoms with van der Waals surface area (Å²) in [7, 11) is -3.77. The maximum absolute atomic E-state index is 13.1. The van der Waals surface area contributed by atoms with Crippen LogP contribution in [0.15, 0.2) is 23.1 Å². The third-order valence-corrected chi connectivity index (χ3v) is 8.85. The number of hydrogen-bond donors (Lipinski definition) is 0. The van der Waals surface area contributed by atoms with Gasteiger partial charge in [0.1, 0.15) is 5.69 Å². The maximum atomic E-state index is 13.1. The number of amides is 1. The first-order chi connectivity index (χ1) is 16.3. The van der Waals surface area contributed by atoms with Gasteiger partial charge in [0.25, 0.3) is 5.69 Å². The van der Waals surface area contributed by atoms with Crippen molar-refractivity contribution in [3.05, 3.63) is 28.3 Å². The van der Waals surface area contributed by atoms with E-state index >= 15 is 0 Å². The first-order valence-electron chi connectivity index (χ1n) is 11.9. The van der Waals surface area contributed by atoms with Crippen molar-refractivity contribution in [1.82, 2.24) is 14.1 Å². The number of piperazine rings is 1. The van der Waals surface area contributed by atoms with Crippen molar-refractivity contribution in [3.63, 3.8) is 0 Å². The quantitative estimate of drug-likeness (QED) is 0.424. The van der Waals surface area contributed by atoms with E-state index in [2.05, 4.69) is 11.8 Å². The van der Waals surface area contributed by atoms with E-state index < -0.39 is 14.9 Å². The van der Waals surface area contributed by atoms with Crippen LogP contribution in [0.1, 0.15) is 19.8 Å². The highest BCUT2D eigenvalue weighted by Gasteiger charge is 2.32. The zero-order valence-electron chi connectivity index (χ0n) is 19.6. The van der Waals surface area contributed by atoms with Crippen molar-refractivity contribution in [2.75, 3.05) is 77.0 Å². The second-order valence-corrected chi connectivity index (χ2v) is 11.2. The lowest BCUT2D eigenvalue weighted by atomic mass is 10.0. The Balaban J connectivity index is 1.42. The number of anilines is 1. The summed E-state index contributed by atoms with van der Waals surface area (Å²) in [5, 5.41) is 11.8. The van der Waals surface area contributed by atoms with Crippen molar-refractivity contribution >= 4 is 27.3 Å². The molecule has 1 aromatic rings. The minimum atomic E-state index is -3.77. The summed E-state index contributed by atoms with van der Waals surface area (Å²) in [6, 6.07) is 4.22. The summed E-state index contributed by atoms with van der Waals surface area (Å²) in [5.74, 6) is 0.551. The molecule has 0 saturated carbocycles. The van der Waals surface area contributed by atoms with Crippen molar-refractivity contribution in [2.45, 2.75) is 24.7 Å². The standard InChI is InChI=1S/C22H33N5O6S/c1-18-4-6-26(7-5-18)34(31,32)19-2-3-20(21(16-19)27(29)30)24-10-8-23(9-11-24)17-22(28)25-12-14-33-15-13-25/h2-3,16,18H,4-15,17H2,1H3. The molecule has 34 heavy (non-hydrogen) atoms. The van der Waals surface area contributed by atoms with Crippen LogP contribution in [-0.2, 0) is 19.6 Å². The Kier molecular flexibility index (Phi) is 7.70. The van der Waals surface area contributed by atoms with E-state index in [9.17, 15) is 23.3 Å². The molecule has 0 spiro atoms. The van der Waals surface area contributed by atoms with Crippen LogP contribution in [0.25, 0.3) is 0 Å². The van der Waals surface area contributed by atoms with E-state index in [1.54, 1.807) is 6.07 Å². The Morgan fingerprint density at radius 2 is 1.71 bits per heavy atom. The van der Waals surface area contributed by atoms with E-state index in [1.165, 1.54) is 16.4 Å². The van der Waals surface area contributed by atoms with Gasteiger partial charge in [-0.25, -0.2) is 8.42 Å². The third kappa shape index (κ3) is 5.51. The number of morpholine rings is 1. The predicted molar refractivity (Wildman–Crippen MR) is 126 cm³/mol. The molecule has 1 aromatic carbocycles. The molecule has 0 unspecified atom stereocenters. The van der Waals surface area contributed by atoms with Gasteiger partial charge < -0.3 is 14.5 Å². The number of nitro benzene ring substituents is 1. The average molecular weight is 496 g/mol. The minimum Gasteiger partial charge on any atom is -0.378 e. The van der Waals surface area contributed by atoms with E-state index in [0.717, 1.165) is 12.8 Å². The molecule has 1 amide bonds. The number of carbonyl (C=O) groups excluding carboxylic acids is 1. The summed E-state index contributed by atoms with van der Waals surface area (Å²) in [4.78, 5) is 29.6. The van der Waals surface area contributed by atoms with Gasteiger partial charge in [0.15, 0.2) is 0 Å². The molecule has 0 bridgehead atoms. The monoisotopic (exact) mass is 495 g/mol. The second kappa shape index (κ2) is 10.5. The Labute approximate surface area is 200 Å². The van der Waals surface area contributed by atoms with Gasteiger partial charge in [0.05, 0.1) is 29.6 Å². The number of nitro groups is 1. The molecule has 11 nitrogen and oxygen atoms in total. The van der Waals surface area contributed by atoms with Crippen molar-refractivity contribution < 1.29 is 22.9 Å². The fraction of sp³-hybridized carbons (Fsp3) is 0.682. The molecular formula is C22H33N5O6S. The van der Waals surface area contributed by atoms with Gasteiger partial charge in [0.2, 0.25) is 15.9 Å². The number of piperidine rings is 1. The van der Waals surface area contributed by atoms with Crippen LogP contribution in [0.4, 0.5) is 11.4 Å². The Morgan fingerprint density at radius 3 is 2.32 bits per heavy atom. The highest BCUT2D eigenvalue weighted by molar-refractivity contribution is 7.89. The Bertz CT molecular complexity index is 997. The number of carbonyl (C=O) groups is 1. The fourth-order valence-corrected chi connectivity index (χ4v) is 6.19.